The Morgan fingerprint density at radius 2 is 2.04 bits per heavy atom. The Kier molecular flexibility index (Phi) is 4.03. The maximum atomic E-state index is 12.9. The fourth-order valence-electron chi connectivity index (χ4n) is 3.87. The van der Waals surface area contributed by atoms with E-state index in [1.54, 1.807) is 6.07 Å². The number of hydrogen-bond acceptors (Lipinski definition) is 3. The lowest BCUT2D eigenvalue weighted by molar-refractivity contribution is -0.133. The number of rotatable bonds is 4. The molecule has 1 aliphatic carbocycles. The second kappa shape index (κ2) is 6.35. The number of primary amides is 1. The second-order valence-electron chi connectivity index (χ2n) is 7.06. The number of aromatic amines is 1. The summed E-state index contributed by atoms with van der Waals surface area (Å²) in [7, 11) is 0. The first-order valence-electron chi connectivity index (χ1n) is 8.82. The minimum Gasteiger partial charge on any atom is -0.364 e. The van der Waals surface area contributed by atoms with E-state index in [1.807, 2.05) is 23.1 Å². The quantitative estimate of drug-likeness (QED) is 0.893. The van der Waals surface area contributed by atoms with E-state index < -0.39 is 5.91 Å². The van der Waals surface area contributed by atoms with Gasteiger partial charge in [0.15, 0.2) is 0 Å². The summed E-state index contributed by atoms with van der Waals surface area (Å²) in [5.74, 6) is 0.391. The molecule has 1 aromatic heterocycles. The zero-order valence-electron chi connectivity index (χ0n) is 14.0. The first-order valence-corrected chi connectivity index (χ1v) is 8.82. The van der Waals surface area contributed by atoms with E-state index in [0.29, 0.717) is 12.5 Å². The van der Waals surface area contributed by atoms with E-state index in [9.17, 15) is 9.59 Å². The second-order valence-corrected chi connectivity index (χ2v) is 7.06. The summed E-state index contributed by atoms with van der Waals surface area (Å²) >= 11 is 0. The van der Waals surface area contributed by atoms with Crippen LogP contribution in [-0.2, 0) is 4.79 Å². The third-order valence-electron chi connectivity index (χ3n) is 5.36. The number of carbonyl (C=O) groups is 2. The number of piperidine rings is 1. The fourth-order valence-corrected chi connectivity index (χ4v) is 3.87. The Hall–Kier alpha value is -2.63. The van der Waals surface area contributed by atoms with Crippen molar-refractivity contribution in [3.8, 4) is 0 Å². The number of nitrogens with zero attached hydrogens (tertiary/aromatic N) is 2. The van der Waals surface area contributed by atoms with E-state index in [0.717, 1.165) is 31.5 Å². The molecular formula is C19H22N4O2. The highest BCUT2D eigenvalue weighted by Gasteiger charge is 2.46. The number of aromatic nitrogens is 2. The largest absolute Gasteiger partial charge is 0.364 e. The summed E-state index contributed by atoms with van der Waals surface area (Å²) in [6, 6.07) is 12.0. The highest BCUT2D eigenvalue weighted by Crippen LogP contribution is 2.48. The predicted molar refractivity (Wildman–Crippen MR) is 93.0 cm³/mol. The van der Waals surface area contributed by atoms with Crippen molar-refractivity contribution in [3.05, 3.63) is 53.3 Å². The van der Waals surface area contributed by atoms with Gasteiger partial charge in [0.25, 0.3) is 5.91 Å². The molecule has 2 amide bonds. The van der Waals surface area contributed by atoms with E-state index in [2.05, 4.69) is 22.3 Å². The van der Waals surface area contributed by atoms with Crippen molar-refractivity contribution in [2.75, 3.05) is 13.1 Å². The molecule has 130 valence electrons. The summed E-state index contributed by atoms with van der Waals surface area (Å²) in [6.45, 7) is 1.49. The van der Waals surface area contributed by atoms with E-state index in [4.69, 9.17) is 5.73 Å². The van der Waals surface area contributed by atoms with Gasteiger partial charge in [-0.1, -0.05) is 30.3 Å². The standard InChI is InChI=1S/C19H22N4O2/c20-18(24)17-10-16(21-22-17)13-7-4-8-23(11-13)19(25)15-9-14(15)12-5-2-1-3-6-12/h1-3,5-6,10,13-15H,4,7-9,11H2,(H2,20,24)(H,21,22)/t13-,14+,15+/m1/s1. The molecule has 1 saturated heterocycles. The topological polar surface area (TPSA) is 92.1 Å². The van der Waals surface area contributed by atoms with Gasteiger partial charge in [-0.25, -0.2) is 0 Å². The Morgan fingerprint density at radius 3 is 2.76 bits per heavy atom. The van der Waals surface area contributed by atoms with Crippen LogP contribution in [0.4, 0.5) is 0 Å². The van der Waals surface area contributed by atoms with Gasteiger partial charge in [0.2, 0.25) is 5.91 Å². The first kappa shape index (κ1) is 15.9. The molecule has 0 spiro atoms. The summed E-state index contributed by atoms with van der Waals surface area (Å²) in [4.78, 5) is 26.1. The molecule has 0 unspecified atom stereocenters. The Balaban J connectivity index is 1.41. The summed E-state index contributed by atoms with van der Waals surface area (Å²) in [5.41, 5.74) is 7.67. The van der Waals surface area contributed by atoms with Gasteiger partial charge < -0.3 is 10.6 Å². The average Bonchev–Trinajstić information content (AvgIpc) is 3.29. The lowest BCUT2D eigenvalue weighted by atomic mass is 9.94. The number of amides is 2. The van der Waals surface area contributed by atoms with Crippen LogP contribution in [0.1, 0.15) is 52.8 Å². The van der Waals surface area contributed by atoms with Crippen LogP contribution in [0, 0.1) is 5.92 Å². The Bertz CT molecular complexity index is 786. The number of carbonyl (C=O) groups excluding carboxylic acids is 2. The molecule has 1 aliphatic heterocycles. The molecule has 2 heterocycles. The number of hydrogen-bond donors (Lipinski definition) is 2. The monoisotopic (exact) mass is 338 g/mol. The van der Waals surface area contributed by atoms with Crippen LogP contribution in [0.15, 0.2) is 36.4 Å². The van der Waals surface area contributed by atoms with Crippen LogP contribution in [0.2, 0.25) is 0 Å². The van der Waals surface area contributed by atoms with Crippen molar-refractivity contribution in [3.63, 3.8) is 0 Å². The minimum absolute atomic E-state index is 0.115. The SMILES string of the molecule is NC(=O)c1cc([C@@H]2CCCN(C(=O)[C@H]3C[C@H]3c3ccccc3)C2)[nH]n1. The molecule has 2 aliphatic rings. The van der Waals surface area contributed by atoms with Gasteiger partial charge >= 0.3 is 0 Å². The van der Waals surface area contributed by atoms with Crippen molar-refractivity contribution in [1.29, 1.82) is 0 Å². The molecule has 0 bridgehead atoms. The van der Waals surface area contributed by atoms with Gasteiger partial charge in [0, 0.05) is 30.6 Å². The van der Waals surface area contributed by atoms with E-state index >= 15 is 0 Å². The summed E-state index contributed by atoms with van der Waals surface area (Å²) in [6.07, 6.45) is 2.89. The predicted octanol–water partition coefficient (Wildman–Crippen LogP) is 2.02. The highest BCUT2D eigenvalue weighted by atomic mass is 16.2. The number of nitrogens with one attached hydrogen (secondary N) is 1. The first-order chi connectivity index (χ1) is 12.1. The van der Waals surface area contributed by atoms with Crippen molar-refractivity contribution in [2.24, 2.45) is 11.7 Å². The van der Waals surface area contributed by atoms with Gasteiger partial charge in [-0.2, -0.15) is 5.10 Å². The van der Waals surface area contributed by atoms with Crippen LogP contribution in [0.3, 0.4) is 0 Å². The maximum Gasteiger partial charge on any atom is 0.269 e. The average molecular weight is 338 g/mol. The molecule has 4 rings (SSSR count). The van der Waals surface area contributed by atoms with E-state index in [1.165, 1.54) is 5.56 Å². The maximum absolute atomic E-state index is 12.9. The van der Waals surface area contributed by atoms with Crippen molar-refractivity contribution < 1.29 is 9.59 Å². The molecule has 6 heteroatoms. The zero-order chi connectivity index (χ0) is 17.4. The molecular weight excluding hydrogens is 316 g/mol. The molecule has 1 aromatic carbocycles. The van der Waals surface area contributed by atoms with Gasteiger partial charge in [-0.05, 0) is 36.8 Å². The zero-order valence-corrected chi connectivity index (χ0v) is 14.0. The van der Waals surface area contributed by atoms with Crippen LogP contribution < -0.4 is 5.73 Å². The Morgan fingerprint density at radius 1 is 1.24 bits per heavy atom. The van der Waals surface area contributed by atoms with Crippen LogP contribution in [0.5, 0.6) is 0 Å². The van der Waals surface area contributed by atoms with Gasteiger partial charge in [0.1, 0.15) is 5.69 Å². The molecule has 6 nitrogen and oxygen atoms in total. The number of nitrogens with two attached hydrogens (primary N) is 1. The molecule has 0 radical (unpaired) electrons. The van der Waals surface area contributed by atoms with Crippen LogP contribution >= 0.6 is 0 Å². The summed E-state index contributed by atoms with van der Waals surface area (Å²) in [5, 5.41) is 6.86. The molecule has 3 N–H and O–H groups in total. The summed E-state index contributed by atoms with van der Waals surface area (Å²) < 4.78 is 0. The number of likely N-dealkylation sites (tertiary alicyclic amines) is 1. The van der Waals surface area contributed by atoms with Crippen LogP contribution in [-0.4, -0.2) is 40.0 Å². The van der Waals surface area contributed by atoms with Gasteiger partial charge in [0.05, 0.1) is 0 Å². The van der Waals surface area contributed by atoms with Crippen molar-refractivity contribution in [2.45, 2.75) is 31.1 Å². The van der Waals surface area contributed by atoms with E-state index in [-0.39, 0.29) is 23.4 Å². The molecule has 1 saturated carbocycles. The highest BCUT2D eigenvalue weighted by molar-refractivity contribution is 5.90. The van der Waals surface area contributed by atoms with Crippen molar-refractivity contribution >= 4 is 11.8 Å². The molecule has 2 aromatic rings. The normalized spacial score (nSPS) is 25.6. The Labute approximate surface area is 146 Å². The third-order valence-corrected chi connectivity index (χ3v) is 5.36. The van der Waals surface area contributed by atoms with Crippen molar-refractivity contribution in [1.82, 2.24) is 15.1 Å². The number of H-pyrrole nitrogens is 1. The van der Waals surface area contributed by atoms with Gasteiger partial charge in [-0.15, -0.1) is 0 Å². The molecule has 3 atom stereocenters. The lowest BCUT2D eigenvalue weighted by Gasteiger charge is -2.32. The number of benzene rings is 1. The molecule has 2 fully saturated rings. The smallest absolute Gasteiger partial charge is 0.269 e. The van der Waals surface area contributed by atoms with Gasteiger partial charge in [-0.3, -0.25) is 14.7 Å². The van der Waals surface area contributed by atoms with Crippen LogP contribution in [0.25, 0.3) is 0 Å². The lowest BCUT2D eigenvalue weighted by Crippen LogP contribution is -2.40. The third kappa shape index (κ3) is 3.16. The molecule has 25 heavy (non-hydrogen) atoms. The fraction of sp³-hybridized carbons (Fsp3) is 0.421. The minimum atomic E-state index is -0.532.